The Bertz CT molecular complexity index is 386. The van der Waals surface area contributed by atoms with E-state index in [2.05, 4.69) is 5.32 Å². The van der Waals surface area contributed by atoms with Crippen LogP contribution in [-0.4, -0.2) is 26.2 Å². The number of rotatable bonds is 1. The maximum absolute atomic E-state index is 11.1. The first-order chi connectivity index (χ1) is 6.22. The van der Waals surface area contributed by atoms with Crippen LogP contribution < -0.4 is 26.8 Å². The molecule has 1 saturated heterocycles. The molecule has 1 fully saturated rings. The minimum atomic E-state index is -0.534. The Morgan fingerprint density at radius 2 is 1.77 bits per heavy atom. The molecule has 0 atom stereocenters. The molecule has 1 aromatic rings. The van der Waals surface area contributed by atoms with Crippen LogP contribution in [0.15, 0.2) is 9.59 Å². The maximum Gasteiger partial charge on any atom is 0.253 e. The lowest BCUT2D eigenvalue weighted by molar-refractivity contribution is 0.587. The highest BCUT2D eigenvalue weighted by Gasteiger charge is 2.24. The van der Waals surface area contributed by atoms with Crippen molar-refractivity contribution in [3.05, 3.63) is 20.4 Å². The summed E-state index contributed by atoms with van der Waals surface area (Å²) in [6, 6.07) is 0. The van der Waals surface area contributed by atoms with Gasteiger partial charge in [-0.05, 0) is 0 Å². The number of nitrogens with two attached hydrogens (primary N) is 1. The molecule has 3 N–H and O–H groups in total. The largest absolute Gasteiger partial charge is 0.394 e. The molecule has 0 bridgehead atoms. The zero-order valence-corrected chi connectivity index (χ0v) is 7.17. The predicted molar refractivity (Wildman–Crippen MR) is 50.8 cm³/mol. The van der Waals surface area contributed by atoms with Crippen LogP contribution in [0.1, 0.15) is 0 Å². The average Bonchev–Trinajstić information content (AvgIpc) is 2.19. The molecule has 0 aromatic heterocycles. The summed E-state index contributed by atoms with van der Waals surface area (Å²) >= 11 is 0. The van der Waals surface area contributed by atoms with Crippen molar-refractivity contribution < 1.29 is 0 Å². The van der Waals surface area contributed by atoms with Crippen molar-refractivity contribution in [1.29, 1.82) is 0 Å². The van der Waals surface area contributed by atoms with E-state index < -0.39 is 10.9 Å². The van der Waals surface area contributed by atoms with Crippen molar-refractivity contribution in [3.63, 3.8) is 0 Å². The van der Waals surface area contributed by atoms with Gasteiger partial charge in [0.15, 0.2) is 0 Å². The lowest BCUT2D eigenvalue weighted by Gasteiger charge is -2.30. The second-order valence-corrected chi connectivity index (χ2v) is 3.16. The smallest absolute Gasteiger partial charge is 0.253 e. The molecule has 0 unspecified atom stereocenters. The van der Waals surface area contributed by atoms with Gasteiger partial charge in [-0.2, -0.15) is 0 Å². The van der Waals surface area contributed by atoms with Crippen LogP contribution in [0.5, 0.6) is 0 Å². The van der Waals surface area contributed by atoms with E-state index in [1.807, 2.05) is 4.90 Å². The Labute approximate surface area is 74.8 Å². The fourth-order valence-electron chi connectivity index (χ4n) is 1.60. The molecular formula is C8H11N3O2. The van der Waals surface area contributed by atoms with E-state index in [9.17, 15) is 9.59 Å². The minimum Gasteiger partial charge on any atom is -0.394 e. The number of hydrogen-bond acceptors (Lipinski definition) is 5. The highest BCUT2D eigenvalue weighted by molar-refractivity contribution is 5.72. The number of nitrogens with zero attached hydrogens (tertiary/aromatic N) is 1. The summed E-state index contributed by atoms with van der Waals surface area (Å²) in [7, 11) is 0. The standard InChI is InChI=1S/C8H11N3O2/c9-5-6(8(13)7(5)12)11-3-1-10-2-4-11/h10H,1-4,9H2. The summed E-state index contributed by atoms with van der Waals surface area (Å²) in [6.07, 6.45) is 0. The second-order valence-electron chi connectivity index (χ2n) is 3.16. The highest BCUT2D eigenvalue weighted by atomic mass is 16.2. The van der Waals surface area contributed by atoms with Crippen LogP contribution in [0.4, 0.5) is 11.4 Å². The molecule has 0 saturated carbocycles. The molecular weight excluding hydrogens is 170 g/mol. The van der Waals surface area contributed by atoms with Crippen molar-refractivity contribution in [1.82, 2.24) is 5.32 Å². The molecule has 5 nitrogen and oxygen atoms in total. The maximum atomic E-state index is 11.1. The van der Waals surface area contributed by atoms with Crippen LogP contribution in [0.25, 0.3) is 0 Å². The highest BCUT2D eigenvalue weighted by Crippen LogP contribution is 2.16. The fraction of sp³-hybridized carbons (Fsp3) is 0.500. The van der Waals surface area contributed by atoms with E-state index in [0.29, 0.717) is 5.69 Å². The van der Waals surface area contributed by atoms with Gasteiger partial charge < -0.3 is 16.0 Å². The van der Waals surface area contributed by atoms with E-state index in [-0.39, 0.29) is 5.69 Å². The number of hydrogen-bond donors (Lipinski definition) is 2. The lowest BCUT2D eigenvalue weighted by atomic mass is 10.1. The summed E-state index contributed by atoms with van der Waals surface area (Å²) in [5.74, 6) is 0. The number of nitrogens with one attached hydrogen (secondary N) is 1. The van der Waals surface area contributed by atoms with Gasteiger partial charge in [0.25, 0.3) is 10.9 Å². The molecule has 1 heterocycles. The van der Waals surface area contributed by atoms with E-state index in [4.69, 9.17) is 5.73 Å². The molecule has 2 rings (SSSR count). The number of piperazine rings is 1. The Morgan fingerprint density at radius 3 is 2.31 bits per heavy atom. The Kier molecular flexibility index (Phi) is 1.81. The molecule has 1 aliphatic heterocycles. The summed E-state index contributed by atoms with van der Waals surface area (Å²) in [5.41, 5.74) is 5.02. The van der Waals surface area contributed by atoms with Crippen LogP contribution in [0, 0.1) is 0 Å². The Balaban J connectivity index is 2.26. The van der Waals surface area contributed by atoms with E-state index >= 15 is 0 Å². The molecule has 0 spiro atoms. The van der Waals surface area contributed by atoms with Gasteiger partial charge in [-0.25, -0.2) is 0 Å². The van der Waals surface area contributed by atoms with E-state index in [0.717, 1.165) is 26.2 Å². The topological polar surface area (TPSA) is 75.4 Å². The van der Waals surface area contributed by atoms with E-state index in [1.54, 1.807) is 0 Å². The van der Waals surface area contributed by atoms with Gasteiger partial charge in [0.2, 0.25) is 0 Å². The van der Waals surface area contributed by atoms with Crippen molar-refractivity contribution in [2.45, 2.75) is 0 Å². The third-order valence-electron chi connectivity index (χ3n) is 2.35. The van der Waals surface area contributed by atoms with Crippen LogP contribution in [0.2, 0.25) is 0 Å². The van der Waals surface area contributed by atoms with Crippen LogP contribution in [0.3, 0.4) is 0 Å². The van der Waals surface area contributed by atoms with Gasteiger partial charge in [-0.15, -0.1) is 0 Å². The summed E-state index contributed by atoms with van der Waals surface area (Å²) in [4.78, 5) is 23.8. The second kappa shape index (κ2) is 2.85. The SMILES string of the molecule is Nc1c(N2CCNCC2)c(=O)c1=O. The molecule has 70 valence electrons. The molecule has 0 amide bonds. The predicted octanol–water partition coefficient (Wildman–Crippen LogP) is -1.73. The first kappa shape index (κ1) is 8.25. The molecule has 5 heteroatoms. The quantitative estimate of drug-likeness (QED) is 0.504. The Morgan fingerprint density at radius 1 is 1.15 bits per heavy atom. The first-order valence-corrected chi connectivity index (χ1v) is 4.26. The van der Waals surface area contributed by atoms with Gasteiger partial charge >= 0.3 is 0 Å². The molecule has 1 aliphatic rings. The minimum absolute atomic E-state index is 0.131. The third-order valence-corrected chi connectivity index (χ3v) is 2.35. The average molecular weight is 181 g/mol. The van der Waals surface area contributed by atoms with Crippen molar-refractivity contribution in [3.8, 4) is 0 Å². The third kappa shape index (κ3) is 1.12. The molecule has 13 heavy (non-hydrogen) atoms. The van der Waals surface area contributed by atoms with Crippen molar-refractivity contribution in [2.24, 2.45) is 0 Å². The fourth-order valence-corrected chi connectivity index (χ4v) is 1.60. The monoisotopic (exact) mass is 181 g/mol. The number of anilines is 2. The van der Waals surface area contributed by atoms with Crippen LogP contribution in [-0.2, 0) is 0 Å². The zero-order chi connectivity index (χ0) is 9.42. The molecule has 1 aromatic carbocycles. The summed E-state index contributed by atoms with van der Waals surface area (Å²) in [5, 5.41) is 3.16. The normalized spacial score (nSPS) is 18.0. The van der Waals surface area contributed by atoms with Crippen molar-refractivity contribution >= 4 is 11.4 Å². The summed E-state index contributed by atoms with van der Waals surface area (Å²) < 4.78 is 0. The lowest BCUT2D eigenvalue weighted by Crippen LogP contribution is -2.50. The summed E-state index contributed by atoms with van der Waals surface area (Å²) in [6.45, 7) is 3.15. The van der Waals surface area contributed by atoms with Gasteiger partial charge in [0.1, 0.15) is 11.4 Å². The Hall–Kier alpha value is -1.36. The zero-order valence-electron chi connectivity index (χ0n) is 7.17. The van der Waals surface area contributed by atoms with Gasteiger partial charge in [0.05, 0.1) is 0 Å². The van der Waals surface area contributed by atoms with E-state index in [1.165, 1.54) is 0 Å². The molecule has 0 aliphatic carbocycles. The first-order valence-electron chi connectivity index (χ1n) is 4.26. The van der Waals surface area contributed by atoms with Gasteiger partial charge in [-0.1, -0.05) is 0 Å². The van der Waals surface area contributed by atoms with Crippen molar-refractivity contribution in [2.75, 3.05) is 36.8 Å². The number of nitrogen functional groups attached to an aromatic ring is 1. The van der Waals surface area contributed by atoms with Gasteiger partial charge in [0, 0.05) is 26.2 Å². The molecule has 0 radical (unpaired) electrons. The van der Waals surface area contributed by atoms with Gasteiger partial charge in [-0.3, -0.25) is 9.59 Å². The van der Waals surface area contributed by atoms with Crippen LogP contribution >= 0.6 is 0 Å².